The van der Waals surface area contributed by atoms with Crippen molar-refractivity contribution < 1.29 is 52.8 Å². The van der Waals surface area contributed by atoms with Crippen molar-refractivity contribution >= 4 is 11.9 Å². The van der Waals surface area contributed by atoms with Crippen molar-refractivity contribution in [3.8, 4) is 0 Å². The Hall–Kier alpha value is -0.560. The fourth-order valence-electron chi connectivity index (χ4n) is 7.54. The van der Waals surface area contributed by atoms with E-state index in [0.29, 0.717) is 26.1 Å². The highest BCUT2D eigenvalue weighted by molar-refractivity contribution is 5.69. The molecule has 6 nitrogen and oxygen atoms in total. The molecule has 0 saturated carbocycles. The highest BCUT2D eigenvalue weighted by atomic mass is 35.5. The second kappa shape index (κ2) is 44.0. The van der Waals surface area contributed by atoms with Crippen molar-refractivity contribution in [2.45, 2.75) is 232 Å². The molecule has 0 atom stereocenters. The third kappa shape index (κ3) is 46.1. The van der Waals surface area contributed by atoms with E-state index in [9.17, 15) is 9.59 Å². The molecule has 0 aromatic rings. The van der Waals surface area contributed by atoms with Crippen molar-refractivity contribution in [3.05, 3.63) is 0 Å². The van der Waals surface area contributed by atoms with Crippen LogP contribution in [0.5, 0.6) is 0 Å². The summed E-state index contributed by atoms with van der Waals surface area (Å²) in [5.41, 5.74) is 0. The molecule has 56 heavy (non-hydrogen) atoms. The molecule has 0 aromatic heterocycles. The number of ether oxygens (including phenoxy) is 2. The van der Waals surface area contributed by atoms with Crippen LogP contribution in [0.25, 0.3) is 0 Å². The molecule has 0 aliphatic heterocycles. The predicted octanol–water partition coefficient (Wildman–Crippen LogP) is 7.54. The molecule has 0 radical (unpaired) electrons. The zero-order valence-corrected chi connectivity index (χ0v) is 40.1. The van der Waals surface area contributed by atoms with Crippen LogP contribution in [0.1, 0.15) is 232 Å². The zero-order chi connectivity index (χ0) is 39.9. The Morgan fingerprint density at radius 3 is 0.786 bits per heavy atom. The van der Waals surface area contributed by atoms with Gasteiger partial charge in [0.2, 0.25) is 0 Å². The first-order valence-corrected chi connectivity index (χ1v) is 24.1. The summed E-state index contributed by atoms with van der Waals surface area (Å²) in [6.07, 6.45) is 43.4. The van der Waals surface area contributed by atoms with Crippen LogP contribution in [0, 0.1) is 0 Å². The minimum atomic E-state index is -0.0827. The Balaban J connectivity index is -0.0000140. The maximum Gasteiger partial charge on any atom is 0.305 e. The van der Waals surface area contributed by atoms with Gasteiger partial charge >= 0.3 is 11.9 Å². The number of unbranched alkanes of at least 4 members (excludes halogenated alkanes) is 29. The number of esters is 2. The summed E-state index contributed by atoms with van der Waals surface area (Å²) < 4.78 is 12.9. The molecule has 8 heteroatoms. The summed E-state index contributed by atoms with van der Waals surface area (Å²) in [7, 11) is 9.01. The molecule has 0 amide bonds. The maximum absolute atomic E-state index is 12.3. The third-order valence-corrected chi connectivity index (χ3v) is 11.7. The van der Waals surface area contributed by atoms with E-state index in [4.69, 9.17) is 9.47 Å². The minimum Gasteiger partial charge on any atom is -1.00 e. The predicted molar refractivity (Wildman–Crippen MR) is 234 cm³/mol. The number of likely N-dealkylation sites (N-methyl/N-ethyl adjacent to an activating group) is 2. The van der Waals surface area contributed by atoms with Gasteiger partial charge in [0, 0.05) is 12.8 Å². The lowest BCUT2D eigenvalue weighted by Gasteiger charge is -2.29. The quantitative estimate of drug-likeness (QED) is 0.0362. The van der Waals surface area contributed by atoms with Gasteiger partial charge < -0.3 is 43.3 Å². The number of hydrogen-bond acceptors (Lipinski definition) is 4. The van der Waals surface area contributed by atoms with Crippen LogP contribution in [0.2, 0.25) is 0 Å². The topological polar surface area (TPSA) is 52.6 Å². The number of halogens is 2. The Labute approximate surface area is 363 Å². The summed E-state index contributed by atoms with van der Waals surface area (Å²) in [6, 6.07) is 0. The van der Waals surface area contributed by atoms with Gasteiger partial charge in [0.1, 0.15) is 26.3 Å². The summed E-state index contributed by atoms with van der Waals surface area (Å²) in [6.45, 7) is 9.63. The van der Waals surface area contributed by atoms with Gasteiger partial charge in [-0.05, 0) is 38.5 Å². The first kappa shape index (κ1) is 59.7. The second-order valence-corrected chi connectivity index (χ2v) is 18.3. The van der Waals surface area contributed by atoms with Gasteiger partial charge in [0.25, 0.3) is 0 Å². The van der Waals surface area contributed by atoms with Crippen LogP contribution in [0.15, 0.2) is 0 Å². The van der Waals surface area contributed by atoms with Crippen molar-refractivity contribution in [1.29, 1.82) is 0 Å². The number of carbonyl (C=O) groups is 2. The molecule has 0 aliphatic rings. The minimum absolute atomic E-state index is 0. The first-order valence-electron chi connectivity index (χ1n) is 24.1. The third-order valence-electron chi connectivity index (χ3n) is 11.7. The molecular weight excluding hydrogens is 739 g/mol. The van der Waals surface area contributed by atoms with E-state index in [2.05, 4.69) is 42.0 Å². The standard InChI is InChI=1S/C48H98N2O4.2ClH/c1-7-9-11-13-15-17-19-21-23-25-27-29-33-37-41-49(3,4)43-45-53-47(51)39-35-31-32-36-40-48(52)54-46-44-50(5,6)42-38-34-30-28-26-24-22-20-18-16-14-12-10-8-2;;/h7-46H2,1-6H3;2*1H/q+2;;/p-2. The molecule has 0 rings (SSSR count). The SMILES string of the molecule is CCCCCCCCCCCCCCCC[N+](C)(C)CCOC(=O)CCCCCCC(=O)OCC[N+](C)(C)CCCCCCCCCCCCCCCC.[Cl-].[Cl-]. The van der Waals surface area contributed by atoms with E-state index in [1.54, 1.807) is 0 Å². The van der Waals surface area contributed by atoms with Crippen molar-refractivity contribution in [2.24, 2.45) is 0 Å². The molecule has 0 fully saturated rings. The van der Waals surface area contributed by atoms with E-state index >= 15 is 0 Å². The van der Waals surface area contributed by atoms with Gasteiger partial charge in [-0.2, -0.15) is 0 Å². The van der Waals surface area contributed by atoms with Crippen LogP contribution < -0.4 is 24.8 Å². The molecular formula is C48H98Cl2N2O4. The highest BCUT2D eigenvalue weighted by Crippen LogP contribution is 2.16. The Bertz CT molecular complexity index is 761. The molecule has 0 N–H and O–H groups in total. The number of rotatable bonds is 43. The summed E-state index contributed by atoms with van der Waals surface area (Å²) >= 11 is 0. The molecule has 0 aliphatic carbocycles. The molecule has 0 spiro atoms. The second-order valence-electron chi connectivity index (χ2n) is 18.3. The lowest BCUT2D eigenvalue weighted by atomic mass is 10.0. The van der Waals surface area contributed by atoms with E-state index < -0.39 is 0 Å². The van der Waals surface area contributed by atoms with Crippen LogP contribution in [-0.2, 0) is 19.1 Å². The number of hydrogen-bond donors (Lipinski definition) is 0. The molecule has 0 aromatic carbocycles. The van der Waals surface area contributed by atoms with Crippen molar-refractivity contribution in [2.75, 3.05) is 67.6 Å². The van der Waals surface area contributed by atoms with E-state index in [-0.39, 0.29) is 36.8 Å². The summed E-state index contributed by atoms with van der Waals surface area (Å²) in [5, 5.41) is 0. The fourth-order valence-corrected chi connectivity index (χ4v) is 7.54. The Morgan fingerprint density at radius 2 is 0.536 bits per heavy atom. The van der Waals surface area contributed by atoms with Gasteiger partial charge in [-0.15, -0.1) is 0 Å². The van der Waals surface area contributed by atoms with Gasteiger partial charge in [-0.3, -0.25) is 9.59 Å². The Morgan fingerprint density at radius 1 is 0.321 bits per heavy atom. The molecule has 0 heterocycles. The van der Waals surface area contributed by atoms with Crippen LogP contribution >= 0.6 is 0 Å². The molecule has 338 valence electrons. The average Bonchev–Trinajstić information content (AvgIpc) is 3.13. The monoisotopic (exact) mass is 837 g/mol. The summed E-state index contributed by atoms with van der Waals surface area (Å²) in [4.78, 5) is 24.5. The number of carbonyl (C=O) groups excluding carboxylic acids is 2. The van der Waals surface area contributed by atoms with Gasteiger partial charge in [0.05, 0.1) is 41.3 Å². The maximum atomic E-state index is 12.3. The molecule has 0 unspecified atom stereocenters. The molecule has 0 bridgehead atoms. The van der Waals surface area contributed by atoms with Gasteiger partial charge in [0.15, 0.2) is 0 Å². The fraction of sp³-hybridized carbons (Fsp3) is 0.958. The largest absolute Gasteiger partial charge is 1.00 e. The Kier molecular flexibility index (Phi) is 47.0. The van der Waals surface area contributed by atoms with E-state index in [1.165, 1.54) is 180 Å². The summed E-state index contributed by atoms with van der Waals surface area (Å²) in [5.74, 6) is -0.165. The molecule has 0 saturated heterocycles. The van der Waals surface area contributed by atoms with Crippen molar-refractivity contribution in [3.63, 3.8) is 0 Å². The highest BCUT2D eigenvalue weighted by Gasteiger charge is 2.17. The van der Waals surface area contributed by atoms with Crippen LogP contribution in [-0.4, -0.2) is 88.5 Å². The average molecular weight is 838 g/mol. The normalized spacial score (nSPS) is 11.6. The van der Waals surface area contributed by atoms with E-state index in [0.717, 1.165) is 60.8 Å². The van der Waals surface area contributed by atoms with Gasteiger partial charge in [-0.1, -0.05) is 181 Å². The van der Waals surface area contributed by atoms with Gasteiger partial charge in [-0.25, -0.2) is 0 Å². The lowest BCUT2D eigenvalue weighted by Crippen LogP contribution is -3.00. The van der Waals surface area contributed by atoms with Crippen LogP contribution in [0.3, 0.4) is 0 Å². The van der Waals surface area contributed by atoms with E-state index in [1.807, 2.05) is 0 Å². The number of nitrogens with zero attached hydrogens (tertiary/aromatic N) is 2. The van der Waals surface area contributed by atoms with Crippen molar-refractivity contribution in [1.82, 2.24) is 0 Å². The van der Waals surface area contributed by atoms with Crippen LogP contribution in [0.4, 0.5) is 0 Å². The smallest absolute Gasteiger partial charge is 0.305 e. The number of quaternary nitrogens is 2. The lowest BCUT2D eigenvalue weighted by molar-refractivity contribution is -0.890. The zero-order valence-electron chi connectivity index (χ0n) is 38.6. The first-order chi connectivity index (χ1) is 26.1.